The zero-order chi connectivity index (χ0) is 20.2. The number of rotatable bonds is 5. The number of aldehydes is 1. The summed E-state index contributed by atoms with van der Waals surface area (Å²) in [6, 6.07) is 12.8. The van der Waals surface area contributed by atoms with Crippen LogP contribution in [0.15, 0.2) is 42.5 Å². The van der Waals surface area contributed by atoms with E-state index in [2.05, 4.69) is 15.5 Å². The highest BCUT2D eigenvalue weighted by molar-refractivity contribution is 5.71. The molecule has 0 atom stereocenters. The topological polar surface area (TPSA) is 110 Å². The van der Waals surface area contributed by atoms with Crippen molar-refractivity contribution >= 4 is 18.2 Å². The quantitative estimate of drug-likeness (QED) is 0.759. The summed E-state index contributed by atoms with van der Waals surface area (Å²) in [5, 5.41) is 10.1. The molecule has 1 aliphatic heterocycles. The number of benzene rings is 1. The third kappa shape index (κ3) is 7.32. The van der Waals surface area contributed by atoms with Gasteiger partial charge in [0, 0.05) is 13.1 Å². The van der Waals surface area contributed by atoms with Crippen LogP contribution in [0.5, 0.6) is 0 Å². The third-order valence-electron chi connectivity index (χ3n) is 4.40. The number of amides is 1. The van der Waals surface area contributed by atoms with Gasteiger partial charge in [0.25, 0.3) is 0 Å². The average molecular weight is 385 g/mol. The van der Waals surface area contributed by atoms with E-state index in [1.165, 1.54) is 12.1 Å². The van der Waals surface area contributed by atoms with Crippen LogP contribution < -0.4 is 11.1 Å². The Morgan fingerprint density at radius 2 is 1.93 bits per heavy atom. The van der Waals surface area contributed by atoms with Crippen molar-refractivity contribution in [2.24, 2.45) is 5.92 Å². The number of carbonyl (C=O) groups is 2. The second-order valence-electron chi connectivity index (χ2n) is 6.53. The lowest BCUT2D eigenvalue weighted by Crippen LogP contribution is -2.40. The maximum Gasteiger partial charge on any atom is 0.410 e. The summed E-state index contributed by atoms with van der Waals surface area (Å²) in [6.45, 7) is 3.00. The number of ether oxygens (including phenoxy) is 1. The highest BCUT2D eigenvalue weighted by Crippen LogP contribution is 2.17. The molecule has 1 aromatic carbocycles. The van der Waals surface area contributed by atoms with Gasteiger partial charge in [0.1, 0.15) is 18.1 Å². The molecule has 3 rings (SSSR count). The Hall–Kier alpha value is -3.00. The van der Waals surface area contributed by atoms with Crippen molar-refractivity contribution in [3.05, 3.63) is 53.7 Å². The number of piperidine rings is 1. The molecule has 1 amide bonds. The van der Waals surface area contributed by atoms with Gasteiger partial charge in [0.05, 0.1) is 0 Å². The Labute approximate surface area is 165 Å². The molecule has 1 fully saturated rings. The van der Waals surface area contributed by atoms with E-state index in [9.17, 15) is 9.59 Å². The molecular formula is C20H27N5O3. The van der Waals surface area contributed by atoms with Crippen LogP contribution in [0.1, 0.15) is 28.9 Å². The van der Waals surface area contributed by atoms with Gasteiger partial charge in [-0.2, -0.15) is 0 Å². The second-order valence-corrected chi connectivity index (χ2v) is 6.53. The van der Waals surface area contributed by atoms with Crippen molar-refractivity contribution in [1.29, 1.82) is 0 Å². The molecule has 1 saturated heterocycles. The molecule has 0 radical (unpaired) electrons. The van der Waals surface area contributed by atoms with Gasteiger partial charge in [-0.3, -0.25) is 4.79 Å². The van der Waals surface area contributed by atoms with E-state index in [-0.39, 0.29) is 6.09 Å². The second kappa shape index (κ2) is 11.7. The summed E-state index contributed by atoms with van der Waals surface area (Å²) in [5.41, 5.74) is 6.52. The number of nitrogens with two attached hydrogens (primary N) is 1. The van der Waals surface area contributed by atoms with E-state index in [1.807, 2.05) is 42.3 Å². The highest BCUT2D eigenvalue weighted by Gasteiger charge is 2.23. The minimum Gasteiger partial charge on any atom is -0.445 e. The molecule has 0 spiro atoms. The zero-order valence-corrected chi connectivity index (χ0v) is 16.1. The van der Waals surface area contributed by atoms with Crippen LogP contribution in [0.25, 0.3) is 0 Å². The number of likely N-dealkylation sites (tertiary alicyclic amines) is 1. The molecular weight excluding hydrogens is 358 g/mol. The number of aromatic nitrogens is 2. The van der Waals surface area contributed by atoms with E-state index in [0.29, 0.717) is 30.3 Å². The van der Waals surface area contributed by atoms with Crippen LogP contribution in [-0.2, 0) is 11.3 Å². The number of anilines is 1. The molecule has 8 heteroatoms. The van der Waals surface area contributed by atoms with Crippen molar-refractivity contribution in [2.45, 2.75) is 19.4 Å². The van der Waals surface area contributed by atoms with Gasteiger partial charge in [-0.25, -0.2) is 4.79 Å². The van der Waals surface area contributed by atoms with Crippen LogP contribution >= 0.6 is 0 Å². The van der Waals surface area contributed by atoms with Crippen molar-refractivity contribution < 1.29 is 14.3 Å². The monoisotopic (exact) mass is 385 g/mol. The van der Waals surface area contributed by atoms with Gasteiger partial charge in [0.15, 0.2) is 6.29 Å². The van der Waals surface area contributed by atoms with E-state index in [4.69, 9.17) is 10.5 Å². The van der Waals surface area contributed by atoms with E-state index < -0.39 is 0 Å². The van der Waals surface area contributed by atoms with Crippen molar-refractivity contribution in [3.63, 3.8) is 0 Å². The molecule has 0 bridgehead atoms. The fraction of sp³-hybridized carbons (Fsp3) is 0.400. The number of nitrogen functional groups attached to an aromatic ring is 1. The minimum atomic E-state index is -0.188. The molecule has 2 aromatic rings. The van der Waals surface area contributed by atoms with Crippen molar-refractivity contribution in [2.75, 3.05) is 32.4 Å². The SMILES string of the molecule is CNCC1CCN(C(=O)OCc2ccccc2)CC1.Nc1ccc(C=O)nn1. The molecule has 0 saturated carbocycles. The fourth-order valence-corrected chi connectivity index (χ4v) is 2.83. The summed E-state index contributed by atoms with van der Waals surface area (Å²) >= 11 is 0. The molecule has 1 aliphatic rings. The number of hydrogen-bond donors (Lipinski definition) is 2. The zero-order valence-electron chi connectivity index (χ0n) is 16.1. The smallest absolute Gasteiger partial charge is 0.410 e. The standard InChI is InChI=1S/C15H22N2O2.C5H5N3O/c1-16-11-13-7-9-17(10-8-13)15(18)19-12-14-5-3-2-4-6-14;6-5-2-1-4(3-9)7-8-5/h2-6,13,16H,7-12H2,1H3;1-3H,(H2,6,8). The Balaban J connectivity index is 0.000000261. The first kappa shape index (κ1) is 21.3. The summed E-state index contributed by atoms with van der Waals surface area (Å²) in [5.74, 6) is 1.00. The van der Waals surface area contributed by atoms with Crippen LogP contribution in [0.4, 0.5) is 10.6 Å². The summed E-state index contributed by atoms with van der Waals surface area (Å²) in [7, 11) is 1.97. The lowest BCUT2D eigenvalue weighted by molar-refractivity contribution is 0.0824. The fourth-order valence-electron chi connectivity index (χ4n) is 2.83. The van der Waals surface area contributed by atoms with Gasteiger partial charge in [-0.15, -0.1) is 10.2 Å². The minimum absolute atomic E-state index is 0.188. The van der Waals surface area contributed by atoms with E-state index in [1.54, 1.807) is 0 Å². The van der Waals surface area contributed by atoms with Gasteiger partial charge < -0.3 is 20.7 Å². The first-order chi connectivity index (χ1) is 13.6. The lowest BCUT2D eigenvalue weighted by Gasteiger charge is -2.31. The Kier molecular flexibility index (Phi) is 8.87. The molecule has 0 aliphatic carbocycles. The van der Waals surface area contributed by atoms with Crippen molar-refractivity contribution in [1.82, 2.24) is 20.4 Å². The predicted molar refractivity (Wildman–Crippen MR) is 107 cm³/mol. The highest BCUT2D eigenvalue weighted by atomic mass is 16.6. The molecule has 1 aromatic heterocycles. The van der Waals surface area contributed by atoms with Gasteiger partial charge in [-0.05, 0) is 50.0 Å². The molecule has 0 unspecified atom stereocenters. The summed E-state index contributed by atoms with van der Waals surface area (Å²) < 4.78 is 5.33. The van der Waals surface area contributed by atoms with Crippen LogP contribution in [0.2, 0.25) is 0 Å². The maximum absolute atomic E-state index is 11.9. The first-order valence-corrected chi connectivity index (χ1v) is 9.27. The molecule has 8 nitrogen and oxygen atoms in total. The van der Waals surface area contributed by atoms with Crippen LogP contribution in [0.3, 0.4) is 0 Å². The first-order valence-electron chi connectivity index (χ1n) is 9.27. The summed E-state index contributed by atoms with van der Waals surface area (Å²) in [4.78, 5) is 23.7. The number of hydrogen-bond acceptors (Lipinski definition) is 7. The van der Waals surface area contributed by atoms with Crippen LogP contribution in [-0.4, -0.2) is 54.2 Å². The largest absolute Gasteiger partial charge is 0.445 e. The average Bonchev–Trinajstić information content (AvgIpc) is 2.74. The Morgan fingerprint density at radius 3 is 2.50 bits per heavy atom. The molecule has 150 valence electrons. The molecule has 3 N–H and O–H groups in total. The number of nitrogens with one attached hydrogen (secondary N) is 1. The van der Waals surface area contributed by atoms with Gasteiger partial charge in [-0.1, -0.05) is 30.3 Å². The summed E-state index contributed by atoms with van der Waals surface area (Å²) in [6.07, 6.45) is 2.54. The third-order valence-corrected chi connectivity index (χ3v) is 4.40. The molecule has 28 heavy (non-hydrogen) atoms. The number of carbonyl (C=O) groups excluding carboxylic acids is 2. The normalized spacial score (nSPS) is 14.0. The Bertz CT molecular complexity index is 716. The van der Waals surface area contributed by atoms with Crippen LogP contribution in [0, 0.1) is 5.92 Å². The van der Waals surface area contributed by atoms with Gasteiger partial charge in [0.2, 0.25) is 0 Å². The van der Waals surface area contributed by atoms with E-state index in [0.717, 1.165) is 38.0 Å². The lowest BCUT2D eigenvalue weighted by atomic mass is 9.97. The number of nitrogens with zero attached hydrogens (tertiary/aromatic N) is 3. The van der Waals surface area contributed by atoms with Gasteiger partial charge >= 0.3 is 6.09 Å². The predicted octanol–water partition coefficient (Wildman–Crippen LogP) is 2.13. The Morgan fingerprint density at radius 1 is 1.21 bits per heavy atom. The van der Waals surface area contributed by atoms with Crippen molar-refractivity contribution in [3.8, 4) is 0 Å². The molecule has 2 heterocycles. The maximum atomic E-state index is 11.9. The van der Waals surface area contributed by atoms with E-state index >= 15 is 0 Å².